The molecule has 662 valence electrons. The van der Waals surface area contributed by atoms with E-state index in [0.717, 1.165) is 139 Å². The molecule has 1 saturated heterocycles. The molecule has 4 aromatic heterocycles. The van der Waals surface area contributed by atoms with E-state index in [4.69, 9.17) is 51.1 Å². The summed E-state index contributed by atoms with van der Waals surface area (Å²) >= 11 is 29.6. The van der Waals surface area contributed by atoms with E-state index in [0.29, 0.717) is 18.0 Å². The lowest BCUT2D eigenvalue weighted by molar-refractivity contribution is -0.136. The van der Waals surface area contributed by atoms with Gasteiger partial charge in [-0.3, -0.25) is 4.79 Å². The number of para-hydroxylation sites is 3. The van der Waals surface area contributed by atoms with Crippen molar-refractivity contribution >= 4 is 125 Å². The SMILES string of the molecule is CC1(C)c2ccccc2N(CCc2nn[nH]n2)c2ccccc21.Cc1ccc2c(c1)C(C)(C)c1cc(Br)ccc1N2CCc1nn[nH]n1.Cc1ccc2c(c1)C1(CCCC1)c1cc(Cl)ccc1N2CCc1nn[nH]n1.Cc1ccc2c(c1)C1(CCOCC1)c1cc(Cl)ccc1N2CCc1nn[nH]n1.O=C(O)CCN1c2ccc(Cl)cc2C2(CCCCC2)c2cccc(Cl)c21. The van der Waals surface area contributed by atoms with Crippen molar-refractivity contribution < 1.29 is 14.6 Å². The second-order valence-corrected chi connectivity index (χ2v) is 38.6. The number of rotatable bonds is 15. The van der Waals surface area contributed by atoms with Gasteiger partial charge >= 0.3 is 5.97 Å². The molecule has 14 aromatic rings. The molecule has 22 rings (SSSR count). The number of halogens is 5. The predicted octanol–water partition coefficient (Wildman–Crippen LogP) is 22.3. The Morgan fingerprint density at radius 2 is 0.690 bits per heavy atom. The molecule has 6 aliphatic heterocycles. The van der Waals surface area contributed by atoms with Gasteiger partial charge in [-0.05, 0) is 224 Å². The number of aryl methyl sites for hydroxylation is 3. The molecule has 24 nitrogen and oxygen atoms in total. The predicted molar refractivity (Wildman–Crippen MR) is 513 cm³/mol. The maximum absolute atomic E-state index is 11.2. The van der Waals surface area contributed by atoms with Crippen LogP contribution >= 0.6 is 62.3 Å². The molecule has 2 aliphatic carbocycles. The van der Waals surface area contributed by atoms with Crippen LogP contribution in [0.2, 0.25) is 20.1 Å². The fourth-order valence-electron chi connectivity index (χ4n) is 21.4. The Morgan fingerprint density at radius 3 is 1.10 bits per heavy atom. The highest BCUT2D eigenvalue weighted by Gasteiger charge is 2.49. The van der Waals surface area contributed by atoms with Crippen LogP contribution in [0.1, 0.15) is 200 Å². The number of hydrogen-bond donors (Lipinski definition) is 5. The molecule has 0 amide bonds. The van der Waals surface area contributed by atoms with Crippen LogP contribution in [0.15, 0.2) is 199 Å². The van der Waals surface area contributed by atoms with Gasteiger partial charge in [0.25, 0.3) is 0 Å². The molecule has 8 aliphatic rings. The van der Waals surface area contributed by atoms with Gasteiger partial charge in [-0.15, -0.1) is 40.8 Å². The standard InChI is InChI=1S/C21H21Cl2NO2.C21H22ClN5O.C21H22ClN5.C19H20BrN5.C18H19N5/c22-14-7-8-18-16(13-14)21(10-2-1-3-11-21)15-5-4-6-17(23)20(15)24(18)12-9-19(25)26;1-14-2-4-18-16(12-14)21(7-10-28-11-8-21)17-13-15(22)3-5-19(17)27(18)9-6-20-23-25-26-24-20;1-14-4-6-18-16(12-14)21(9-2-3-10-21)17-13-15(22)5-7-19(17)27(18)11-8-20-23-25-26-24-20;1-12-4-6-16-14(10-12)19(2,3)15-11-13(20)5-7-17(15)25(16)9-8-18-21-23-24-22-18;1-18(2)13-7-3-5-9-15(13)23(12-11-17-19-21-22-20-17)16-10-6-4-8-14(16)18/h4-8,13H,1-3,9-12H2,(H,25,26);2-5,12-13H,6-11H2,1H3,(H,23,24,25,26);4-7,12-13H,2-3,8-11H2,1H3,(H,23,24,25,26);4-7,10-11H,8-9H2,1-3H3,(H,21,22,23,24);3-10H,11-12H2,1-2H3,(H,19,20,21,22). The van der Waals surface area contributed by atoms with E-state index < -0.39 is 5.97 Å². The number of H-pyrrole nitrogens is 4. The number of aromatic amines is 4. The number of nitrogens with zero attached hydrogens (tertiary/aromatic N) is 17. The lowest BCUT2D eigenvalue weighted by atomic mass is 9.63. The maximum Gasteiger partial charge on any atom is 0.305 e. The van der Waals surface area contributed by atoms with Gasteiger partial charge in [-0.2, -0.15) is 20.9 Å². The zero-order valence-electron chi connectivity index (χ0n) is 73.5. The summed E-state index contributed by atoms with van der Waals surface area (Å²) in [6, 6.07) is 68.9. The van der Waals surface area contributed by atoms with Gasteiger partial charge in [-0.25, -0.2) is 0 Å². The summed E-state index contributed by atoms with van der Waals surface area (Å²) in [6.07, 6.45) is 15.6. The van der Waals surface area contributed by atoms with Crippen molar-refractivity contribution in [3.63, 3.8) is 0 Å². The molecule has 0 atom stereocenters. The number of carboxylic acid groups (broad SMARTS) is 1. The zero-order chi connectivity index (χ0) is 89.4. The van der Waals surface area contributed by atoms with Crippen LogP contribution < -0.4 is 24.5 Å². The highest BCUT2D eigenvalue weighted by molar-refractivity contribution is 9.10. The molecule has 129 heavy (non-hydrogen) atoms. The van der Waals surface area contributed by atoms with Gasteiger partial charge in [0.05, 0.1) is 17.1 Å². The summed E-state index contributed by atoms with van der Waals surface area (Å²) in [5, 5.41) is 69.8. The number of ether oxygens (including phenoxy) is 1. The number of anilines is 10. The van der Waals surface area contributed by atoms with Crippen molar-refractivity contribution in [2.45, 2.75) is 178 Å². The quantitative estimate of drug-likeness (QED) is 0.0638. The summed E-state index contributed by atoms with van der Waals surface area (Å²) in [5.41, 5.74) is 29.1. The molecule has 5 N–H and O–H groups in total. The number of aliphatic carboxylic acids is 1. The number of nitrogens with one attached hydrogen (secondary N) is 4. The summed E-state index contributed by atoms with van der Waals surface area (Å²) < 4.78 is 6.84. The normalized spacial score (nSPS) is 16.5. The van der Waals surface area contributed by atoms with Crippen molar-refractivity contribution in [1.82, 2.24) is 82.5 Å². The summed E-state index contributed by atoms with van der Waals surface area (Å²) in [5.74, 6) is 2.12. The Bertz CT molecular complexity index is 6130. The van der Waals surface area contributed by atoms with Gasteiger partial charge < -0.3 is 34.3 Å². The fourth-order valence-corrected chi connectivity index (χ4v) is 22.6. The third-order valence-corrected chi connectivity index (χ3v) is 29.1. The third-order valence-electron chi connectivity index (χ3n) is 27.6. The Labute approximate surface area is 779 Å². The third kappa shape index (κ3) is 17.3. The van der Waals surface area contributed by atoms with Crippen LogP contribution in [-0.2, 0) is 62.3 Å². The first-order valence-corrected chi connectivity index (χ1v) is 46.9. The number of aromatic nitrogens is 16. The second-order valence-electron chi connectivity index (χ2n) is 36.0. The van der Waals surface area contributed by atoms with E-state index >= 15 is 0 Å². The number of hydrogen-bond acceptors (Lipinski definition) is 19. The van der Waals surface area contributed by atoms with Crippen molar-refractivity contribution in [3.8, 4) is 0 Å². The van der Waals surface area contributed by atoms with E-state index in [1.165, 1.54) is 163 Å². The first kappa shape index (κ1) is 88.2. The largest absolute Gasteiger partial charge is 0.481 e. The maximum atomic E-state index is 11.2. The average molecular weight is 1870 g/mol. The highest BCUT2D eigenvalue weighted by Crippen LogP contribution is 2.61. The van der Waals surface area contributed by atoms with E-state index in [9.17, 15) is 9.90 Å². The van der Waals surface area contributed by atoms with E-state index in [2.05, 4.69) is 329 Å². The van der Waals surface area contributed by atoms with Gasteiger partial charge in [0.2, 0.25) is 0 Å². The first-order valence-electron chi connectivity index (χ1n) is 44.6. The molecule has 3 fully saturated rings. The fraction of sp³-hybridized carbons (Fsp3) is 0.350. The lowest BCUT2D eigenvalue weighted by Gasteiger charge is -2.48. The Balaban J connectivity index is 0.000000109. The topological polar surface area (TPSA) is 281 Å². The smallest absolute Gasteiger partial charge is 0.305 e. The number of fused-ring (bicyclic) bond motifs is 16. The average Bonchev–Trinajstić information content (AvgIpc) is 1.62. The van der Waals surface area contributed by atoms with Crippen LogP contribution in [0, 0.1) is 20.8 Å². The zero-order valence-corrected chi connectivity index (χ0v) is 78.1. The molecule has 0 radical (unpaired) electrons. The number of benzene rings is 10. The summed E-state index contributed by atoms with van der Waals surface area (Å²) in [4.78, 5) is 22.8. The molecule has 0 bridgehead atoms. The van der Waals surface area contributed by atoms with Gasteiger partial charge in [0, 0.05) is 169 Å². The number of tetrazole rings is 4. The monoisotopic (exact) mass is 1870 g/mol. The summed E-state index contributed by atoms with van der Waals surface area (Å²) in [6.45, 7) is 20.8. The van der Waals surface area contributed by atoms with Crippen LogP contribution in [0.25, 0.3) is 0 Å². The van der Waals surface area contributed by atoms with E-state index in [1.54, 1.807) is 0 Å². The van der Waals surface area contributed by atoms with E-state index in [1.807, 2.05) is 36.4 Å². The van der Waals surface area contributed by atoms with Crippen molar-refractivity contribution in [2.75, 3.05) is 70.4 Å². The minimum atomic E-state index is -0.813. The molecular formula is C100H104BrCl4N21O3. The van der Waals surface area contributed by atoms with Gasteiger partial charge in [0.15, 0.2) is 23.3 Å². The molecule has 0 unspecified atom stereocenters. The molecule has 3 spiro atoms. The van der Waals surface area contributed by atoms with Crippen LogP contribution in [0.3, 0.4) is 0 Å². The van der Waals surface area contributed by atoms with Gasteiger partial charge in [-0.1, -0.05) is 245 Å². The minimum absolute atomic E-state index is 0.00414. The van der Waals surface area contributed by atoms with Crippen molar-refractivity contribution in [2.24, 2.45) is 0 Å². The Kier molecular flexibility index (Phi) is 25.4. The Hall–Kier alpha value is -11.5. The van der Waals surface area contributed by atoms with Crippen molar-refractivity contribution in [1.29, 1.82) is 0 Å². The highest BCUT2D eigenvalue weighted by atomic mass is 79.9. The number of carbonyl (C=O) groups is 1. The van der Waals surface area contributed by atoms with Crippen LogP contribution in [-0.4, -0.2) is 140 Å². The van der Waals surface area contributed by atoms with Gasteiger partial charge in [0.1, 0.15) is 0 Å². The molecule has 29 heteroatoms. The van der Waals surface area contributed by atoms with Crippen LogP contribution in [0.4, 0.5) is 56.9 Å². The number of carboxylic acids is 1. The molecular weight excluding hydrogens is 1760 g/mol. The first-order chi connectivity index (χ1) is 62.5. The molecule has 2 saturated carbocycles. The van der Waals surface area contributed by atoms with Crippen LogP contribution in [0.5, 0.6) is 0 Å². The molecule has 10 heterocycles. The summed E-state index contributed by atoms with van der Waals surface area (Å²) in [7, 11) is 0. The van der Waals surface area contributed by atoms with Crippen molar-refractivity contribution in [3.05, 3.63) is 314 Å². The Morgan fingerprint density at radius 1 is 0.364 bits per heavy atom. The molecule has 10 aromatic carbocycles. The minimum Gasteiger partial charge on any atom is -0.481 e. The van der Waals surface area contributed by atoms with E-state index in [-0.39, 0.29) is 33.5 Å². The lowest BCUT2D eigenvalue weighted by Crippen LogP contribution is -2.41. The second kappa shape index (κ2) is 37.2.